The van der Waals surface area contributed by atoms with Gasteiger partial charge in [-0.25, -0.2) is 4.98 Å². The Balaban J connectivity index is 0.00000196. The number of carbonyl (C=O) groups excluding carboxylic acids is 1. The Hall–Kier alpha value is -1.66. The minimum absolute atomic E-state index is 0. The summed E-state index contributed by atoms with van der Waals surface area (Å²) in [5.41, 5.74) is 3.01. The fraction of sp³-hybridized carbons (Fsp3) is 0.632. The molecule has 2 N–H and O–H groups in total. The maximum atomic E-state index is 13.1. The van der Waals surface area contributed by atoms with Crippen LogP contribution in [0.5, 0.6) is 0 Å². The molecular formula is C19H27ClN4O2. The number of nitrogens with one attached hydrogen (secondary N) is 2. The second-order valence-corrected chi connectivity index (χ2v) is 7.48. The van der Waals surface area contributed by atoms with Gasteiger partial charge in [0.15, 0.2) is 0 Å². The van der Waals surface area contributed by atoms with E-state index in [9.17, 15) is 4.79 Å². The number of fused-ring (bicyclic) bond motifs is 1. The Kier molecular flexibility index (Phi) is 5.82. The second kappa shape index (κ2) is 7.92. The average molecular weight is 379 g/mol. The lowest BCUT2D eigenvalue weighted by atomic mass is 9.99. The smallest absolute Gasteiger partial charge is 0.259 e. The Bertz CT molecular complexity index is 787. The molecule has 2 aromatic heterocycles. The van der Waals surface area contributed by atoms with Crippen LogP contribution in [0, 0.1) is 0 Å². The maximum absolute atomic E-state index is 13.1. The van der Waals surface area contributed by atoms with Gasteiger partial charge in [-0.15, -0.1) is 12.4 Å². The van der Waals surface area contributed by atoms with Crippen molar-refractivity contribution in [3.8, 4) is 0 Å². The van der Waals surface area contributed by atoms with E-state index in [1.54, 1.807) is 0 Å². The van der Waals surface area contributed by atoms with Gasteiger partial charge in [0.25, 0.3) is 11.6 Å². The maximum Gasteiger partial charge on any atom is 0.259 e. The van der Waals surface area contributed by atoms with Gasteiger partial charge in [-0.05, 0) is 51.6 Å². The lowest BCUT2D eigenvalue weighted by Gasteiger charge is -2.28. The van der Waals surface area contributed by atoms with Gasteiger partial charge >= 0.3 is 0 Å². The molecule has 2 fully saturated rings. The van der Waals surface area contributed by atoms with Crippen molar-refractivity contribution in [2.75, 3.05) is 6.54 Å². The SMILES string of the molecule is CCCc1noc2nc(C3CC3)cc(C(=O)NC3CCNC(C)C3)c12.Cl. The lowest BCUT2D eigenvalue weighted by Crippen LogP contribution is -2.46. The third-order valence-electron chi connectivity index (χ3n) is 5.22. The lowest BCUT2D eigenvalue weighted by molar-refractivity contribution is 0.0927. The quantitative estimate of drug-likeness (QED) is 0.834. The van der Waals surface area contributed by atoms with Crippen LogP contribution in [-0.2, 0) is 6.42 Å². The second-order valence-electron chi connectivity index (χ2n) is 7.48. The molecule has 1 aliphatic carbocycles. The number of aryl methyl sites for hydroxylation is 1. The fourth-order valence-corrected chi connectivity index (χ4v) is 3.73. The van der Waals surface area contributed by atoms with Crippen LogP contribution in [0.15, 0.2) is 10.6 Å². The van der Waals surface area contributed by atoms with Gasteiger partial charge in [-0.2, -0.15) is 0 Å². The zero-order valence-electron chi connectivity index (χ0n) is 15.4. The zero-order chi connectivity index (χ0) is 17.4. The van der Waals surface area contributed by atoms with Gasteiger partial charge in [-0.3, -0.25) is 4.79 Å². The predicted octanol–water partition coefficient (Wildman–Crippen LogP) is 3.34. The van der Waals surface area contributed by atoms with Crippen molar-refractivity contribution in [2.45, 2.75) is 70.4 Å². The van der Waals surface area contributed by atoms with Crippen LogP contribution < -0.4 is 10.6 Å². The van der Waals surface area contributed by atoms with Crippen molar-refractivity contribution >= 4 is 29.4 Å². The first-order valence-electron chi connectivity index (χ1n) is 9.49. The van der Waals surface area contributed by atoms with E-state index in [2.05, 4.69) is 34.6 Å². The van der Waals surface area contributed by atoms with Crippen LogP contribution in [0.4, 0.5) is 0 Å². The van der Waals surface area contributed by atoms with Crippen molar-refractivity contribution in [1.82, 2.24) is 20.8 Å². The van der Waals surface area contributed by atoms with E-state index in [1.807, 2.05) is 6.07 Å². The molecular weight excluding hydrogens is 352 g/mol. The van der Waals surface area contributed by atoms with Crippen molar-refractivity contribution < 1.29 is 9.32 Å². The average Bonchev–Trinajstić information content (AvgIpc) is 3.37. The fourth-order valence-electron chi connectivity index (χ4n) is 3.73. The number of rotatable bonds is 5. The van der Waals surface area contributed by atoms with Crippen molar-refractivity contribution in [3.05, 3.63) is 23.0 Å². The van der Waals surface area contributed by atoms with Crippen molar-refractivity contribution in [3.63, 3.8) is 0 Å². The molecule has 3 heterocycles. The number of pyridine rings is 1. The number of nitrogens with zero attached hydrogens (tertiary/aromatic N) is 2. The molecule has 26 heavy (non-hydrogen) atoms. The predicted molar refractivity (Wildman–Crippen MR) is 103 cm³/mol. The van der Waals surface area contributed by atoms with Crippen LogP contribution in [0.1, 0.15) is 73.6 Å². The highest BCUT2D eigenvalue weighted by Crippen LogP contribution is 2.40. The molecule has 2 aromatic rings. The molecule has 2 aliphatic rings. The minimum atomic E-state index is -0.0195. The van der Waals surface area contributed by atoms with Gasteiger partial charge in [0, 0.05) is 23.7 Å². The largest absolute Gasteiger partial charge is 0.349 e. The highest BCUT2D eigenvalue weighted by Gasteiger charge is 2.30. The molecule has 1 saturated carbocycles. The number of halogens is 1. The van der Waals surface area contributed by atoms with E-state index in [0.717, 1.165) is 61.8 Å². The van der Waals surface area contributed by atoms with E-state index >= 15 is 0 Å². The molecule has 0 bridgehead atoms. The van der Waals surface area contributed by atoms with E-state index in [0.29, 0.717) is 23.2 Å². The third-order valence-corrected chi connectivity index (χ3v) is 5.22. The normalized spacial score (nSPS) is 22.8. The molecule has 6 nitrogen and oxygen atoms in total. The first kappa shape index (κ1) is 19.1. The molecule has 0 radical (unpaired) electrons. The van der Waals surface area contributed by atoms with E-state index in [4.69, 9.17) is 4.52 Å². The molecule has 142 valence electrons. The Morgan fingerprint density at radius 3 is 2.88 bits per heavy atom. The van der Waals surface area contributed by atoms with Crippen molar-refractivity contribution in [2.24, 2.45) is 0 Å². The third kappa shape index (κ3) is 3.86. The van der Waals surface area contributed by atoms with E-state index in [-0.39, 0.29) is 24.4 Å². The number of hydrogen-bond donors (Lipinski definition) is 2. The Labute approximate surface area is 159 Å². The Morgan fingerprint density at radius 1 is 1.38 bits per heavy atom. The topological polar surface area (TPSA) is 80.0 Å². The van der Waals surface area contributed by atoms with Gasteiger partial charge in [-0.1, -0.05) is 18.5 Å². The van der Waals surface area contributed by atoms with Gasteiger partial charge in [0.1, 0.15) is 0 Å². The van der Waals surface area contributed by atoms with Crippen molar-refractivity contribution in [1.29, 1.82) is 0 Å². The summed E-state index contributed by atoms with van der Waals surface area (Å²) in [7, 11) is 0. The molecule has 0 spiro atoms. The summed E-state index contributed by atoms with van der Waals surface area (Å²) < 4.78 is 5.47. The minimum Gasteiger partial charge on any atom is -0.349 e. The highest BCUT2D eigenvalue weighted by molar-refractivity contribution is 6.06. The summed E-state index contributed by atoms with van der Waals surface area (Å²) >= 11 is 0. The number of amides is 1. The number of hydrogen-bond acceptors (Lipinski definition) is 5. The molecule has 1 amide bonds. The first-order chi connectivity index (χ1) is 12.2. The van der Waals surface area contributed by atoms with E-state index in [1.165, 1.54) is 0 Å². The van der Waals surface area contributed by atoms with Gasteiger partial charge < -0.3 is 15.2 Å². The van der Waals surface area contributed by atoms with E-state index < -0.39 is 0 Å². The summed E-state index contributed by atoms with van der Waals surface area (Å²) in [6.45, 7) is 5.20. The molecule has 1 saturated heterocycles. The summed E-state index contributed by atoms with van der Waals surface area (Å²) in [5.74, 6) is 0.448. The summed E-state index contributed by atoms with van der Waals surface area (Å²) in [5, 5.41) is 11.6. The van der Waals surface area contributed by atoms with Crippen LogP contribution in [0.2, 0.25) is 0 Å². The van der Waals surface area contributed by atoms with Gasteiger partial charge in [0.2, 0.25) is 0 Å². The number of aromatic nitrogens is 2. The van der Waals surface area contributed by atoms with Crippen LogP contribution in [0.25, 0.3) is 11.1 Å². The summed E-state index contributed by atoms with van der Waals surface area (Å²) in [6, 6.07) is 2.62. The Morgan fingerprint density at radius 2 is 2.19 bits per heavy atom. The summed E-state index contributed by atoms with van der Waals surface area (Å²) in [4.78, 5) is 17.7. The summed E-state index contributed by atoms with van der Waals surface area (Å²) in [6.07, 6.45) is 5.95. The molecule has 4 rings (SSSR count). The van der Waals surface area contributed by atoms with Crippen LogP contribution in [-0.4, -0.2) is 34.7 Å². The first-order valence-corrected chi connectivity index (χ1v) is 9.49. The highest BCUT2D eigenvalue weighted by atomic mass is 35.5. The number of carbonyl (C=O) groups is 1. The molecule has 2 unspecified atom stereocenters. The van der Waals surface area contributed by atoms with Crippen LogP contribution >= 0.6 is 12.4 Å². The molecule has 0 aromatic carbocycles. The molecule has 1 aliphatic heterocycles. The number of piperidine rings is 1. The molecule has 7 heteroatoms. The van der Waals surface area contributed by atoms with Crippen LogP contribution in [0.3, 0.4) is 0 Å². The zero-order valence-corrected chi connectivity index (χ0v) is 16.2. The van der Waals surface area contributed by atoms with Gasteiger partial charge in [0.05, 0.1) is 16.6 Å². The standard InChI is InChI=1S/C19H26N4O2.ClH/c1-3-4-15-17-14(18(24)21-13-7-8-20-11(2)9-13)10-16(12-5-6-12)22-19(17)25-23-15;/h10-13,20H,3-9H2,1-2H3,(H,21,24);1H. The molecule has 2 atom stereocenters. The monoisotopic (exact) mass is 378 g/mol.